The minimum absolute atomic E-state index is 0.170. The number of ether oxygens (including phenoxy) is 2. The predicted octanol–water partition coefficient (Wildman–Crippen LogP) is 3.18. The summed E-state index contributed by atoms with van der Waals surface area (Å²) >= 11 is 0. The van der Waals surface area contributed by atoms with E-state index in [1.165, 1.54) is 5.69 Å². The number of nitrogens with zero attached hydrogens (tertiary/aromatic N) is 2. The van der Waals surface area contributed by atoms with Gasteiger partial charge in [0.05, 0.1) is 14.2 Å². The fraction of sp³-hybridized carbons (Fsp3) is 0.421. The molecule has 2 aromatic rings. The van der Waals surface area contributed by atoms with Crippen molar-refractivity contribution >= 4 is 0 Å². The number of phenols is 1. The van der Waals surface area contributed by atoms with Crippen LogP contribution in [0.3, 0.4) is 0 Å². The van der Waals surface area contributed by atoms with Gasteiger partial charge in [0.2, 0.25) is 5.75 Å². The third-order valence-corrected chi connectivity index (χ3v) is 4.69. The molecule has 5 nitrogen and oxygen atoms in total. The molecule has 0 atom stereocenters. The third-order valence-electron chi connectivity index (χ3n) is 4.69. The molecule has 0 amide bonds. The summed E-state index contributed by atoms with van der Waals surface area (Å²) < 4.78 is 10.5. The SMILES string of the molecule is COc1ccc(CN2CCC(c3ccccn3)CC2)c(O)c1OC. The van der Waals surface area contributed by atoms with Gasteiger partial charge in [-0.2, -0.15) is 0 Å². The van der Waals surface area contributed by atoms with Crippen LogP contribution in [0.15, 0.2) is 36.5 Å². The fourth-order valence-electron chi connectivity index (χ4n) is 3.32. The molecule has 0 radical (unpaired) electrons. The number of methoxy groups -OCH3 is 2. The molecule has 0 spiro atoms. The van der Waals surface area contributed by atoms with E-state index in [0.29, 0.717) is 24.0 Å². The monoisotopic (exact) mass is 328 g/mol. The van der Waals surface area contributed by atoms with Crippen molar-refractivity contribution in [2.45, 2.75) is 25.3 Å². The number of aromatic nitrogens is 1. The maximum atomic E-state index is 10.4. The molecule has 1 aliphatic rings. The van der Waals surface area contributed by atoms with Crippen LogP contribution < -0.4 is 9.47 Å². The highest BCUT2D eigenvalue weighted by molar-refractivity contribution is 5.54. The van der Waals surface area contributed by atoms with Crippen molar-refractivity contribution in [2.75, 3.05) is 27.3 Å². The highest BCUT2D eigenvalue weighted by Crippen LogP contribution is 2.39. The summed E-state index contributed by atoms with van der Waals surface area (Å²) in [5.74, 6) is 1.65. The summed E-state index contributed by atoms with van der Waals surface area (Å²) in [6, 6.07) is 9.87. The summed E-state index contributed by atoms with van der Waals surface area (Å²) in [6.07, 6.45) is 4.04. The highest BCUT2D eigenvalue weighted by atomic mass is 16.5. The Bertz CT molecular complexity index is 668. The summed E-state index contributed by atoms with van der Waals surface area (Å²) in [5, 5.41) is 10.4. The second-order valence-electron chi connectivity index (χ2n) is 6.11. The number of likely N-dealkylation sites (tertiary alicyclic amines) is 1. The van der Waals surface area contributed by atoms with E-state index in [4.69, 9.17) is 9.47 Å². The molecule has 3 rings (SSSR count). The van der Waals surface area contributed by atoms with E-state index in [0.717, 1.165) is 31.5 Å². The third kappa shape index (κ3) is 3.46. The van der Waals surface area contributed by atoms with Gasteiger partial charge >= 0.3 is 0 Å². The molecule has 128 valence electrons. The molecule has 5 heteroatoms. The molecule has 1 aromatic heterocycles. The standard InChI is InChI=1S/C19H24N2O3/c1-23-17-7-6-15(18(22)19(17)24-2)13-21-11-8-14(9-12-21)16-5-3-4-10-20-16/h3-7,10,14,22H,8-9,11-13H2,1-2H3. The number of pyridine rings is 1. The van der Waals surface area contributed by atoms with Crippen LogP contribution in [0.5, 0.6) is 17.2 Å². The van der Waals surface area contributed by atoms with E-state index in [-0.39, 0.29) is 5.75 Å². The zero-order valence-corrected chi connectivity index (χ0v) is 14.2. The second-order valence-corrected chi connectivity index (χ2v) is 6.11. The van der Waals surface area contributed by atoms with E-state index in [1.807, 2.05) is 24.4 Å². The fourth-order valence-corrected chi connectivity index (χ4v) is 3.32. The molecule has 1 aliphatic heterocycles. The van der Waals surface area contributed by atoms with Gasteiger partial charge in [-0.1, -0.05) is 12.1 Å². The Morgan fingerprint density at radius 1 is 1.12 bits per heavy atom. The van der Waals surface area contributed by atoms with Gasteiger partial charge in [-0.25, -0.2) is 0 Å². The lowest BCUT2D eigenvalue weighted by atomic mass is 9.93. The molecule has 0 bridgehead atoms. The van der Waals surface area contributed by atoms with Crippen molar-refractivity contribution in [3.8, 4) is 17.2 Å². The average Bonchev–Trinajstić information content (AvgIpc) is 2.64. The molecule has 2 heterocycles. The van der Waals surface area contributed by atoms with Crippen LogP contribution in [0.25, 0.3) is 0 Å². The Hall–Kier alpha value is -2.27. The van der Waals surface area contributed by atoms with Gasteiger partial charge in [0, 0.05) is 29.9 Å². The van der Waals surface area contributed by atoms with Crippen LogP contribution in [0.2, 0.25) is 0 Å². The Balaban J connectivity index is 1.64. The van der Waals surface area contributed by atoms with Crippen LogP contribution in [-0.2, 0) is 6.54 Å². The lowest BCUT2D eigenvalue weighted by Crippen LogP contribution is -2.32. The molecule has 0 unspecified atom stereocenters. The molecule has 1 aromatic carbocycles. The van der Waals surface area contributed by atoms with Gasteiger partial charge in [0.15, 0.2) is 11.5 Å². The first kappa shape index (κ1) is 16.6. The molecule has 1 N–H and O–H groups in total. The zero-order chi connectivity index (χ0) is 16.9. The van der Waals surface area contributed by atoms with Gasteiger partial charge in [-0.15, -0.1) is 0 Å². The Kier molecular flexibility index (Phi) is 5.20. The van der Waals surface area contributed by atoms with Crippen LogP contribution in [0.1, 0.15) is 30.0 Å². The topological polar surface area (TPSA) is 54.8 Å². The minimum Gasteiger partial charge on any atom is -0.504 e. The van der Waals surface area contributed by atoms with E-state index < -0.39 is 0 Å². The summed E-state index contributed by atoms with van der Waals surface area (Å²) in [7, 11) is 3.11. The molecule has 1 saturated heterocycles. The maximum Gasteiger partial charge on any atom is 0.203 e. The molecule has 0 saturated carbocycles. The van der Waals surface area contributed by atoms with Crippen LogP contribution in [0.4, 0.5) is 0 Å². The normalized spacial score (nSPS) is 16.1. The van der Waals surface area contributed by atoms with Gasteiger partial charge in [-0.3, -0.25) is 9.88 Å². The smallest absolute Gasteiger partial charge is 0.203 e. The van der Waals surface area contributed by atoms with Crippen molar-refractivity contribution in [2.24, 2.45) is 0 Å². The lowest BCUT2D eigenvalue weighted by molar-refractivity contribution is 0.200. The quantitative estimate of drug-likeness (QED) is 0.913. The first-order valence-corrected chi connectivity index (χ1v) is 8.29. The number of benzene rings is 1. The summed E-state index contributed by atoms with van der Waals surface area (Å²) in [6.45, 7) is 2.70. The van der Waals surface area contributed by atoms with Crippen molar-refractivity contribution < 1.29 is 14.6 Å². The molecular formula is C19H24N2O3. The van der Waals surface area contributed by atoms with Crippen LogP contribution >= 0.6 is 0 Å². The van der Waals surface area contributed by atoms with E-state index in [2.05, 4.69) is 22.0 Å². The van der Waals surface area contributed by atoms with E-state index in [9.17, 15) is 5.11 Å². The van der Waals surface area contributed by atoms with Gasteiger partial charge in [-0.05, 0) is 44.1 Å². The Morgan fingerprint density at radius 3 is 2.54 bits per heavy atom. The number of hydrogen-bond acceptors (Lipinski definition) is 5. The summed E-state index contributed by atoms with van der Waals surface area (Å²) in [4.78, 5) is 6.84. The van der Waals surface area contributed by atoms with Crippen molar-refractivity contribution in [3.05, 3.63) is 47.8 Å². The average molecular weight is 328 g/mol. The van der Waals surface area contributed by atoms with Crippen LogP contribution in [-0.4, -0.2) is 42.3 Å². The van der Waals surface area contributed by atoms with E-state index in [1.54, 1.807) is 14.2 Å². The molecule has 24 heavy (non-hydrogen) atoms. The Morgan fingerprint density at radius 2 is 1.92 bits per heavy atom. The second kappa shape index (κ2) is 7.53. The zero-order valence-electron chi connectivity index (χ0n) is 14.2. The number of aromatic hydroxyl groups is 1. The van der Waals surface area contributed by atoms with Crippen molar-refractivity contribution in [1.29, 1.82) is 0 Å². The molecule has 1 fully saturated rings. The molecular weight excluding hydrogens is 304 g/mol. The largest absolute Gasteiger partial charge is 0.504 e. The van der Waals surface area contributed by atoms with Crippen LogP contribution in [0, 0.1) is 0 Å². The van der Waals surface area contributed by atoms with E-state index >= 15 is 0 Å². The first-order chi connectivity index (χ1) is 11.7. The number of rotatable bonds is 5. The summed E-state index contributed by atoms with van der Waals surface area (Å²) in [5.41, 5.74) is 2.05. The van der Waals surface area contributed by atoms with Gasteiger partial charge < -0.3 is 14.6 Å². The lowest BCUT2D eigenvalue weighted by Gasteiger charge is -2.32. The minimum atomic E-state index is 0.170. The number of phenolic OH excluding ortho intramolecular Hbond substituents is 1. The maximum absolute atomic E-state index is 10.4. The van der Waals surface area contributed by atoms with Crippen molar-refractivity contribution in [1.82, 2.24) is 9.88 Å². The number of hydrogen-bond donors (Lipinski definition) is 1. The number of piperidine rings is 1. The first-order valence-electron chi connectivity index (χ1n) is 8.29. The highest BCUT2D eigenvalue weighted by Gasteiger charge is 2.23. The van der Waals surface area contributed by atoms with Crippen molar-refractivity contribution in [3.63, 3.8) is 0 Å². The Labute approximate surface area is 142 Å². The van der Waals surface area contributed by atoms with Gasteiger partial charge in [0.1, 0.15) is 0 Å². The van der Waals surface area contributed by atoms with Gasteiger partial charge in [0.25, 0.3) is 0 Å². The predicted molar refractivity (Wildman–Crippen MR) is 92.7 cm³/mol. The molecule has 0 aliphatic carbocycles.